The molecule has 31 heavy (non-hydrogen) atoms. The Hall–Kier alpha value is -1.49. The Labute approximate surface area is 186 Å². The van der Waals surface area contributed by atoms with Crippen molar-refractivity contribution in [2.45, 2.75) is 91.1 Å². The highest BCUT2D eigenvalue weighted by Gasteiger charge is 2.69. The van der Waals surface area contributed by atoms with Gasteiger partial charge < -0.3 is 9.84 Å². The lowest BCUT2D eigenvalue weighted by Gasteiger charge is -2.61. The van der Waals surface area contributed by atoms with Gasteiger partial charge in [-0.3, -0.25) is 14.4 Å². The van der Waals surface area contributed by atoms with Crippen molar-refractivity contribution >= 4 is 17.5 Å². The van der Waals surface area contributed by atoms with E-state index in [1.54, 1.807) is 0 Å². The monoisotopic (exact) mass is 430 g/mol. The van der Waals surface area contributed by atoms with Crippen molar-refractivity contribution in [3.63, 3.8) is 0 Å². The van der Waals surface area contributed by atoms with E-state index < -0.39 is 17.6 Å². The Morgan fingerprint density at radius 2 is 1.94 bits per heavy atom. The maximum Gasteiger partial charge on any atom is 0.306 e. The molecule has 3 fully saturated rings. The van der Waals surface area contributed by atoms with Gasteiger partial charge >= 0.3 is 5.97 Å². The minimum Gasteiger partial charge on any atom is -0.450 e. The first-order chi connectivity index (χ1) is 14.6. The number of ether oxygens (including phenoxy) is 1. The summed E-state index contributed by atoms with van der Waals surface area (Å²) in [4.78, 5) is 37.8. The Kier molecular flexibility index (Phi) is 5.73. The van der Waals surface area contributed by atoms with Crippen LogP contribution < -0.4 is 0 Å². The van der Waals surface area contributed by atoms with Crippen molar-refractivity contribution < 1.29 is 24.2 Å². The van der Waals surface area contributed by atoms with E-state index in [0.717, 1.165) is 32.1 Å². The average molecular weight is 431 g/mol. The van der Waals surface area contributed by atoms with Gasteiger partial charge in [-0.2, -0.15) is 0 Å². The zero-order chi connectivity index (χ0) is 22.6. The Balaban J connectivity index is 1.73. The van der Waals surface area contributed by atoms with Crippen LogP contribution in [0.1, 0.15) is 85.5 Å². The summed E-state index contributed by atoms with van der Waals surface area (Å²) in [6.07, 6.45) is 8.56. The Morgan fingerprint density at radius 1 is 1.19 bits per heavy atom. The van der Waals surface area contributed by atoms with Crippen LogP contribution in [-0.4, -0.2) is 34.9 Å². The lowest BCUT2D eigenvalue weighted by atomic mass is 9.43. The molecule has 4 aliphatic carbocycles. The quantitative estimate of drug-likeness (QED) is 0.654. The van der Waals surface area contributed by atoms with Crippen molar-refractivity contribution in [3.8, 4) is 0 Å². The molecule has 4 rings (SSSR count). The van der Waals surface area contributed by atoms with Crippen molar-refractivity contribution in [1.82, 2.24) is 0 Å². The molecular weight excluding hydrogens is 392 g/mol. The molecule has 0 aromatic rings. The molecule has 0 heterocycles. The van der Waals surface area contributed by atoms with Gasteiger partial charge in [0.05, 0.1) is 0 Å². The molecule has 0 radical (unpaired) electrons. The average Bonchev–Trinajstić information content (AvgIpc) is 3.00. The second kappa shape index (κ2) is 7.83. The van der Waals surface area contributed by atoms with Crippen LogP contribution in [0.2, 0.25) is 0 Å². The number of carbonyl (C=O) groups excluding carboxylic acids is 3. The smallest absolute Gasteiger partial charge is 0.306 e. The predicted octanol–water partition coefficient (Wildman–Crippen LogP) is 4.41. The molecule has 0 spiro atoms. The van der Waals surface area contributed by atoms with Crippen molar-refractivity contribution in [2.75, 3.05) is 6.61 Å². The van der Waals surface area contributed by atoms with Gasteiger partial charge in [-0.25, -0.2) is 0 Å². The number of rotatable bonds is 5. The van der Waals surface area contributed by atoms with Gasteiger partial charge in [0.25, 0.3) is 0 Å². The number of carbonyl (C=O) groups is 3. The van der Waals surface area contributed by atoms with Crippen molar-refractivity contribution in [2.24, 2.45) is 34.5 Å². The predicted molar refractivity (Wildman–Crippen MR) is 117 cm³/mol. The third kappa shape index (κ3) is 3.17. The van der Waals surface area contributed by atoms with Gasteiger partial charge in [0.1, 0.15) is 6.61 Å². The fourth-order valence-corrected chi connectivity index (χ4v) is 8.51. The van der Waals surface area contributed by atoms with Crippen LogP contribution in [0.4, 0.5) is 0 Å². The molecule has 0 saturated heterocycles. The van der Waals surface area contributed by atoms with E-state index in [2.05, 4.69) is 20.8 Å². The van der Waals surface area contributed by atoms with Gasteiger partial charge in [0, 0.05) is 18.3 Å². The molecule has 5 heteroatoms. The fraction of sp³-hybridized carbons (Fsp3) is 0.808. The van der Waals surface area contributed by atoms with E-state index in [0.29, 0.717) is 43.4 Å². The number of hydrogen-bond acceptors (Lipinski definition) is 5. The van der Waals surface area contributed by atoms with E-state index >= 15 is 0 Å². The summed E-state index contributed by atoms with van der Waals surface area (Å²) >= 11 is 0. The summed E-state index contributed by atoms with van der Waals surface area (Å²) < 4.78 is 6.03. The standard InChI is InChI=1S/C26H38O5/c1-5-6-22(30)31-26(21(29)15-27)12-10-20-19-8-7-17-13-18(28)9-11-24(17,3)23(19)16(2)14-25(20,26)4/h13,16,19-20,23,27H,5-12,14-15H2,1-4H3/t16-,19-,20-,23-,24-,25-,26-/m0/s1. The molecular formula is C26H38O5. The number of aliphatic hydroxyl groups is 1. The Morgan fingerprint density at radius 3 is 2.61 bits per heavy atom. The maximum atomic E-state index is 13.2. The van der Waals surface area contributed by atoms with E-state index in [-0.39, 0.29) is 28.9 Å². The minimum atomic E-state index is -1.21. The molecule has 0 unspecified atom stereocenters. The van der Waals surface area contributed by atoms with Crippen LogP contribution in [-0.2, 0) is 19.1 Å². The lowest BCUT2D eigenvalue weighted by molar-refractivity contribution is -0.195. The molecule has 0 aromatic heterocycles. The maximum absolute atomic E-state index is 13.2. The van der Waals surface area contributed by atoms with Crippen LogP contribution in [0, 0.1) is 34.5 Å². The van der Waals surface area contributed by atoms with Crippen molar-refractivity contribution in [3.05, 3.63) is 11.6 Å². The zero-order valence-corrected chi connectivity index (χ0v) is 19.5. The van der Waals surface area contributed by atoms with E-state index in [1.807, 2.05) is 13.0 Å². The molecule has 3 saturated carbocycles. The summed E-state index contributed by atoms with van der Waals surface area (Å²) in [6.45, 7) is 8.11. The topological polar surface area (TPSA) is 80.7 Å². The number of aliphatic hydroxyl groups excluding tert-OH is 1. The number of Topliss-reactive ketones (excluding diaryl/α,β-unsaturated/α-hetero) is 1. The molecule has 172 valence electrons. The molecule has 1 N–H and O–H groups in total. The highest BCUT2D eigenvalue weighted by atomic mass is 16.6. The molecule has 4 aliphatic rings. The van der Waals surface area contributed by atoms with Crippen LogP contribution in [0.5, 0.6) is 0 Å². The summed E-state index contributed by atoms with van der Waals surface area (Å²) in [7, 11) is 0. The second-order valence-corrected chi connectivity index (χ2v) is 11.2. The number of ketones is 2. The summed E-state index contributed by atoms with van der Waals surface area (Å²) in [5.74, 6) is 1.16. The van der Waals surface area contributed by atoms with Gasteiger partial charge in [0.15, 0.2) is 11.4 Å². The fourth-order valence-electron chi connectivity index (χ4n) is 8.51. The molecule has 0 amide bonds. The first kappa shape index (κ1) is 22.7. The summed E-state index contributed by atoms with van der Waals surface area (Å²) in [5.41, 5.74) is -0.301. The van der Waals surface area contributed by atoms with Crippen LogP contribution in [0.15, 0.2) is 11.6 Å². The third-order valence-electron chi connectivity index (χ3n) is 9.66. The SMILES string of the molecule is CCCC(=O)O[C@]1(C(=O)CO)CC[C@H]2[C@@H]3CCC4=CC(=O)CC[C@]4(C)[C@H]3[C@@H](C)C[C@@]21C. The van der Waals surface area contributed by atoms with E-state index in [4.69, 9.17) is 4.74 Å². The number of esters is 1. The summed E-state index contributed by atoms with van der Waals surface area (Å²) in [6, 6.07) is 0. The molecule has 0 aromatic carbocycles. The number of fused-ring (bicyclic) bond motifs is 5. The molecule has 5 nitrogen and oxygen atoms in total. The van der Waals surface area contributed by atoms with Crippen LogP contribution in [0.25, 0.3) is 0 Å². The third-order valence-corrected chi connectivity index (χ3v) is 9.66. The van der Waals surface area contributed by atoms with E-state index in [1.165, 1.54) is 5.57 Å². The lowest BCUT2D eigenvalue weighted by Crippen LogP contribution is -2.61. The second-order valence-electron chi connectivity index (χ2n) is 11.2. The summed E-state index contributed by atoms with van der Waals surface area (Å²) in [5, 5.41) is 9.85. The van der Waals surface area contributed by atoms with Gasteiger partial charge in [-0.15, -0.1) is 0 Å². The zero-order valence-electron chi connectivity index (χ0n) is 19.5. The highest BCUT2D eigenvalue weighted by Crippen LogP contribution is 2.69. The Bertz CT molecular complexity index is 815. The van der Waals surface area contributed by atoms with E-state index in [9.17, 15) is 19.5 Å². The van der Waals surface area contributed by atoms with Gasteiger partial charge in [0.2, 0.25) is 5.78 Å². The number of allylic oxidation sites excluding steroid dienone is 1. The molecule has 7 atom stereocenters. The van der Waals surface area contributed by atoms with Crippen LogP contribution >= 0.6 is 0 Å². The van der Waals surface area contributed by atoms with Gasteiger partial charge in [-0.1, -0.05) is 33.3 Å². The van der Waals surface area contributed by atoms with Crippen molar-refractivity contribution in [1.29, 1.82) is 0 Å². The first-order valence-corrected chi connectivity index (χ1v) is 12.2. The first-order valence-electron chi connectivity index (χ1n) is 12.2. The largest absolute Gasteiger partial charge is 0.450 e. The molecule has 0 bridgehead atoms. The normalized spacial score (nSPS) is 44.0. The molecule has 0 aliphatic heterocycles. The number of hydrogen-bond donors (Lipinski definition) is 1. The van der Waals surface area contributed by atoms with Crippen LogP contribution in [0.3, 0.4) is 0 Å². The highest BCUT2D eigenvalue weighted by molar-refractivity contribution is 5.92. The minimum absolute atomic E-state index is 0.0443. The van der Waals surface area contributed by atoms with Gasteiger partial charge in [-0.05, 0) is 80.1 Å².